The fourth-order valence-corrected chi connectivity index (χ4v) is 2.21. The maximum absolute atomic E-state index is 11.9. The van der Waals surface area contributed by atoms with Crippen LogP contribution in [0.25, 0.3) is 0 Å². The van der Waals surface area contributed by atoms with Crippen molar-refractivity contribution in [3.8, 4) is 5.75 Å². The molecule has 5 nitrogen and oxygen atoms in total. The van der Waals surface area contributed by atoms with E-state index >= 15 is 0 Å². The molecule has 25 heavy (non-hydrogen) atoms. The summed E-state index contributed by atoms with van der Waals surface area (Å²) in [5, 5.41) is 3.35. The van der Waals surface area contributed by atoms with Gasteiger partial charge in [0.1, 0.15) is 5.75 Å². The van der Waals surface area contributed by atoms with Gasteiger partial charge < -0.3 is 14.8 Å². The Balaban J connectivity index is 1.78. The van der Waals surface area contributed by atoms with Crippen LogP contribution < -0.4 is 10.1 Å². The Morgan fingerprint density at radius 3 is 2.48 bits per heavy atom. The second-order valence-electron chi connectivity index (χ2n) is 5.73. The molecule has 0 saturated carbocycles. The molecule has 0 bridgehead atoms. The van der Waals surface area contributed by atoms with Gasteiger partial charge in [-0.1, -0.05) is 23.7 Å². The minimum absolute atomic E-state index is 0.280. The average molecular weight is 362 g/mol. The van der Waals surface area contributed by atoms with Crippen molar-refractivity contribution in [1.82, 2.24) is 0 Å². The lowest BCUT2D eigenvalue weighted by Crippen LogP contribution is -2.24. The highest BCUT2D eigenvalue weighted by Gasteiger charge is 2.10. The van der Waals surface area contributed by atoms with Gasteiger partial charge in [-0.25, -0.2) is 4.79 Å². The molecular formula is C19H20ClNO4. The summed E-state index contributed by atoms with van der Waals surface area (Å²) in [6.45, 7) is 5.02. The number of benzene rings is 2. The summed E-state index contributed by atoms with van der Waals surface area (Å²) in [6, 6.07) is 10.8. The first-order chi connectivity index (χ1) is 11.8. The second kappa shape index (κ2) is 8.53. The summed E-state index contributed by atoms with van der Waals surface area (Å²) in [5.74, 6) is -0.508. The van der Waals surface area contributed by atoms with Gasteiger partial charge in [-0.2, -0.15) is 0 Å². The summed E-state index contributed by atoms with van der Waals surface area (Å²) in [6.07, 6.45) is 0. The SMILES string of the molecule is Cc1ccc(C)c(NC(=O)COC(=O)COc2ccc(Cl)c(C)c2)c1. The van der Waals surface area contributed by atoms with Crippen LogP contribution in [0.3, 0.4) is 0 Å². The highest BCUT2D eigenvalue weighted by atomic mass is 35.5. The van der Waals surface area contributed by atoms with E-state index in [0.717, 1.165) is 16.7 Å². The number of hydrogen-bond donors (Lipinski definition) is 1. The third-order valence-corrected chi connectivity index (χ3v) is 3.94. The van der Waals surface area contributed by atoms with Crippen molar-refractivity contribution < 1.29 is 19.1 Å². The first-order valence-electron chi connectivity index (χ1n) is 7.77. The van der Waals surface area contributed by atoms with E-state index in [-0.39, 0.29) is 13.2 Å². The Bertz CT molecular complexity index is 789. The zero-order chi connectivity index (χ0) is 18.4. The van der Waals surface area contributed by atoms with Gasteiger partial charge in [0, 0.05) is 10.7 Å². The molecule has 2 aromatic rings. The molecule has 0 atom stereocenters. The minimum Gasteiger partial charge on any atom is -0.482 e. The van der Waals surface area contributed by atoms with Gasteiger partial charge in [0.25, 0.3) is 5.91 Å². The van der Waals surface area contributed by atoms with Crippen molar-refractivity contribution in [3.05, 3.63) is 58.1 Å². The summed E-state index contributed by atoms with van der Waals surface area (Å²) in [4.78, 5) is 23.6. The van der Waals surface area contributed by atoms with Crippen LogP contribution in [0.15, 0.2) is 36.4 Å². The number of hydrogen-bond acceptors (Lipinski definition) is 4. The number of carbonyl (C=O) groups is 2. The fourth-order valence-electron chi connectivity index (χ4n) is 2.09. The molecule has 0 saturated heterocycles. The number of halogens is 1. The van der Waals surface area contributed by atoms with Crippen molar-refractivity contribution in [3.63, 3.8) is 0 Å². The number of anilines is 1. The Morgan fingerprint density at radius 2 is 1.76 bits per heavy atom. The fraction of sp³-hybridized carbons (Fsp3) is 0.263. The van der Waals surface area contributed by atoms with Gasteiger partial charge in [0.2, 0.25) is 0 Å². The van der Waals surface area contributed by atoms with Crippen molar-refractivity contribution in [2.45, 2.75) is 20.8 Å². The van der Waals surface area contributed by atoms with E-state index in [4.69, 9.17) is 21.1 Å². The number of nitrogens with one attached hydrogen (secondary N) is 1. The van der Waals surface area contributed by atoms with Crippen molar-refractivity contribution in [2.24, 2.45) is 0 Å². The van der Waals surface area contributed by atoms with Crippen molar-refractivity contribution in [2.75, 3.05) is 18.5 Å². The first kappa shape index (κ1) is 18.8. The number of aryl methyl sites for hydroxylation is 3. The monoisotopic (exact) mass is 361 g/mol. The van der Waals surface area contributed by atoms with Crippen LogP contribution in [0.1, 0.15) is 16.7 Å². The van der Waals surface area contributed by atoms with Crippen LogP contribution in [-0.4, -0.2) is 25.1 Å². The van der Waals surface area contributed by atoms with Crippen LogP contribution in [0.5, 0.6) is 5.75 Å². The highest BCUT2D eigenvalue weighted by molar-refractivity contribution is 6.31. The van der Waals surface area contributed by atoms with E-state index in [1.807, 2.05) is 39.0 Å². The van der Waals surface area contributed by atoms with Crippen LogP contribution in [-0.2, 0) is 14.3 Å². The third kappa shape index (κ3) is 5.80. The topological polar surface area (TPSA) is 64.6 Å². The van der Waals surface area contributed by atoms with E-state index in [1.54, 1.807) is 18.2 Å². The molecule has 0 aliphatic carbocycles. The molecule has 1 N–H and O–H groups in total. The van der Waals surface area contributed by atoms with Gasteiger partial charge in [-0.3, -0.25) is 4.79 Å². The largest absolute Gasteiger partial charge is 0.482 e. The molecule has 0 heterocycles. The third-order valence-electron chi connectivity index (χ3n) is 3.52. The zero-order valence-electron chi connectivity index (χ0n) is 14.4. The smallest absolute Gasteiger partial charge is 0.344 e. The summed E-state index contributed by atoms with van der Waals surface area (Å²) in [5.41, 5.74) is 3.52. The lowest BCUT2D eigenvalue weighted by atomic mass is 10.1. The lowest BCUT2D eigenvalue weighted by molar-refractivity contribution is -0.149. The Kier molecular flexibility index (Phi) is 6.42. The molecule has 0 fully saturated rings. The Morgan fingerprint density at radius 1 is 1.00 bits per heavy atom. The molecule has 1 amide bonds. The van der Waals surface area contributed by atoms with Gasteiger partial charge in [0.05, 0.1) is 0 Å². The number of carbonyl (C=O) groups excluding carboxylic acids is 2. The predicted octanol–water partition coefficient (Wildman–Crippen LogP) is 3.83. The lowest BCUT2D eigenvalue weighted by Gasteiger charge is -2.10. The number of amides is 1. The molecule has 0 aliphatic rings. The maximum Gasteiger partial charge on any atom is 0.344 e. The normalized spacial score (nSPS) is 10.2. The van der Waals surface area contributed by atoms with Crippen LogP contribution >= 0.6 is 11.6 Å². The predicted molar refractivity (Wildman–Crippen MR) is 97.2 cm³/mol. The van der Waals surface area contributed by atoms with Crippen LogP contribution in [0.4, 0.5) is 5.69 Å². The Labute approximate surface area is 151 Å². The van der Waals surface area contributed by atoms with E-state index in [9.17, 15) is 9.59 Å². The molecule has 0 spiro atoms. The van der Waals surface area contributed by atoms with Crippen molar-refractivity contribution in [1.29, 1.82) is 0 Å². The number of rotatable bonds is 6. The standard InChI is InChI=1S/C19H20ClNO4/c1-12-4-5-13(2)17(8-12)21-18(22)10-25-19(23)11-24-15-6-7-16(20)14(3)9-15/h4-9H,10-11H2,1-3H3,(H,21,22). The Hall–Kier alpha value is -2.53. The molecule has 2 aromatic carbocycles. The molecule has 2 rings (SSSR count). The van der Waals surface area contributed by atoms with Gasteiger partial charge in [-0.15, -0.1) is 0 Å². The van der Waals surface area contributed by atoms with E-state index in [2.05, 4.69) is 5.32 Å². The number of esters is 1. The van der Waals surface area contributed by atoms with Gasteiger partial charge in [0.15, 0.2) is 13.2 Å². The summed E-state index contributed by atoms with van der Waals surface area (Å²) < 4.78 is 10.2. The second-order valence-corrected chi connectivity index (χ2v) is 6.13. The first-order valence-corrected chi connectivity index (χ1v) is 8.14. The van der Waals surface area contributed by atoms with E-state index in [0.29, 0.717) is 16.5 Å². The molecule has 0 unspecified atom stereocenters. The molecule has 132 valence electrons. The molecule has 0 aliphatic heterocycles. The van der Waals surface area contributed by atoms with Gasteiger partial charge in [-0.05, 0) is 61.7 Å². The molecule has 6 heteroatoms. The van der Waals surface area contributed by atoms with E-state index < -0.39 is 11.9 Å². The average Bonchev–Trinajstić information content (AvgIpc) is 2.57. The summed E-state index contributed by atoms with van der Waals surface area (Å²) in [7, 11) is 0. The highest BCUT2D eigenvalue weighted by Crippen LogP contribution is 2.21. The zero-order valence-corrected chi connectivity index (χ0v) is 15.1. The van der Waals surface area contributed by atoms with Crippen LogP contribution in [0.2, 0.25) is 5.02 Å². The van der Waals surface area contributed by atoms with Crippen molar-refractivity contribution >= 4 is 29.2 Å². The molecule has 0 aromatic heterocycles. The minimum atomic E-state index is -0.622. The summed E-state index contributed by atoms with van der Waals surface area (Å²) >= 11 is 5.92. The molecule has 0 radical (unpaired) electrons. The van der Waals surface area contributed by atoms with Crippen LogP contribution in [0, 0.1) is 20.8 Å². The quantitative estimate of drug-likeness (QED) is 0.794. The molecular weight excluding hydrogens is 342 g/mol. The maximum atomic E-state index is 11.9. The van der Waals surface area contributed by atoms with E-state index in [1.165, 1.54) is 0 Å². The number of ether oxygens (including phenoxy) is 2. The van der Waals surface area contributed by atoms with Gasteiger partial charge >= 0.3 is 5.97 Å².